The molecule has 1 aliphatic rings. The number of benzene rings is 1. The first kappa shape index (κ1) is 22.2. The number of amides is 2. The van der Waals surface area contributed by atoms with Gasteiger partial charge in [-0.05, 0) is 49.1 Å². The Morgan fingerprint density at radius 3 is 2.69 bits per heavy atom. The number of hydrogen-bond donors (Lipinski definition) is 2. The number of nitrogens with zero attached hydrogens (tertiary/aromatic N) is 3. The van der Waals surface area contributed by atoms with E-state index in [4.69, 9.17) is 15.2 Å². The smallest absolute Gasteiger partial charge is 0.251 e. The Morgan fingerprint density at radius 1 is 1.22 bits per heavy atom. The van der Waals surface area contributed by atoms with Crippen molar-refractivity contribution in [1.82, 2.24) is 14.8 Å². The summed E-state index contributed by atoms with van der Waals surface area (Å²) in [6, 6.07) is 7.27. The van der Waals surface area contributed by atoms with Crippen LogP contribution < -0.4 is 20.5 Å². The molecule has 4 rings (SSSR count). The van der Waals surface area contributed by atoms with E-state index < -0.39 is 5.91 Å². The van der Waals surface area contributed by atoms with Gasteiger partial charge in [0, 0.05) is 11.9 Å². The van der Waals surface area contributed by atoms with Gasteiger partial charge < -0.3 is 25.1 Å². The van der Waals surface area contributed by atoms with Crippen LogP contribution in [0.1, 0.15) is 33.0 Å². The summed E-state index contributed by atoms with van der Waals surface area (Å²) in [5.41, 5.74) is 6.99. The van der Waals surface area contributed by atoms with Crippen LogP contribution in [0.2, 0.25) is 0 Å². The van der Waals surface area contributed by atoms with Gasteiger partial charge in [-0.25, -0.2) is 0 Å². The molecule has 0 aliphatic heterocycles. The Bertz CT molecular complexity index is 1140. The Morgan fingerprint density at radius 2 is 1.97 bits per heavy atom. The predicted molar refractivity (Wildman–Crippen MR) is 123 cm³/mol. The molecule has 0 spiro atoms. The van der Waals surface area contributed by atoms with Crippen molar-refractivity contribution in [2.45, 2.75) is 31.0 Å². The highest BCUT2D eigenvalue weighted by Gasteiger charge is 2.26. The number of primary amides is 1. The Hall–Kier alpha value is -3.05. The van der Waals surface area contributed by atoms with Crippen molar-refractivity contribution < 1.29 is 19.1 Å². The molecule has 0 fully saturated rings. The van der Waals surface area contributed by atoms with Gasteiger partial charge in [0.1, 0.15) is 23.1 Å². The molecule has 11 heteroatoms. The fourth-order valence-corrected chi connectivity index (χ4v) is 5.50. The number of ether oxygens (including phenoxy) is 2. The minimum absolute atomic E-state index is 0.131. The van der Waals surface area contributed by atoms with Crippen molar-refractivity contribution in [2.75, 3.05) is 18.2 Å². The minimum Gasteiger partial charge on any atom is -0.497 e. The number of hydrogen-bond acceptors (Lipinski definition) is 8. The molecular formula is C21H23N5O4S2. The van der Waals surface area contributed by atoms with Gasteiger partial charge in [0.2, 0.25) is 5.91 Å². The van der Waals surface area contributed by atoms with E-state index >= 15 is 0 Å². The van der Waals surface area contributed by atoms with E-state index in [0.29, 0.717) is 27.3 Å². The summed E-state index contributed by atoms with van der Waals surface area (Å²) >= 11 is 2.70. The van der Waals surface area contributed by atoms with E-state index in [9.17, 15) is 9.59 Å². The molecule has 3 N–H and O–H groups in total. The zero-order valence-corrected chi connectivity index (χ0v) is 19.3. The van der Waals surface area contributed by atoms with Crippen LogP contribution in [0.4, 0.5) is 5.00 Å². The van der Waals surface area contributed by atoms with E-state index in [0.717, 1.165) is 35.5 Å². The third kappa shape index (κ3) is 4.73. The second-order valence-electron chi connectivity index (χ2n) is 7.18. The fourth-order valence-electron chi connectivity index (χ4n) is 3.46. The number of thioether (sulfide) groups is 1. The van der Waals surface area contributed by atoms with Gasteiger partial charge in [-0.1, -0.05) is 11.8 Å². The summed E-state index contributed by atoms with van der Waals surface area (Å²) in [4.78, 5) is 25.5. The minimum atomic E-state index is -0.498. The van der Waals surface area contributed by atoms with E-state index in [1.807, 2.05) is 31.3 Å². The van der Waals surface area contributed by atoms with Crippen molar-refractivity contribution in [3.05, 3.63) is 46.1 Å². The largest absolute Gasteiger partial charge is 0.497 e. The van der Waals surface area contributed by atoms with Crippen LogP contribution in [0, 0.1) is 0 Å². The van der Waals surface area contributed by atoms with E-state index in [1.165, 1.54) is 23.1 Å². The number of methoxy groups -OCH3 is 1. The number of rotatable bonds is 9. The Kier molecular flexibility index (Phi) is 6.66. The first-order chi connectivity index (χ1) is 15.5. The first-order valence-corrected chi connectivity index (χ1v) is 11.8. The number of thiophene rings is 1. The fraction of sp³-hybridized carbons (Fsp3) is 0.333. The highest BCUT2D eigenvalue weighted by molar-refractivity contribution is 7.99. The molecule has 1 aromatic carbocycles. The molecule has 0 atom stereocenters. The van der Waals surface area contributed by atoms with E-state index in [1.54, 1.807) is 11.7 Å². The summed E-state index contributed by atoms with van der Waals surface area (Å²) in [6.07, 6.45) is 2.77. The number of nitrogens with one attached hydrogen (secondary N) is 1. The van der Waals surface area contributed by atoms with Gasteiger partial charge in [0.15, 0.2) is 11.0 Å². The number of aromatic nitrogens is 3. The number of anilines is 1. The van der Waals surface area contributed by atoms with Gasteiger partial charge >= 0.3 is 0 Å². The number of nitrogens with two attached hydrogens (primary N) is 1. The van der Waals surface area contributed by atoms with Crippen LogP contribution in [0.5, 0.6) is 11.5 Å². The van der Waals surface area contributed by atoms with E-state index in [2.05, 4.69) is 15.5 Å². The SMILES string of the molecule is COc1ccc(OCc2nnc(SCC(=O)Nc3sc4c(c3C(N)=O)CCC4)n2C)cc1. The maximum Gasteiger partial charge on any atom is 0.251 e. The molecule has 0 unspecified atom stereocenters. The normalized spacial score (nSPS) is 12.4. The van der Waals surface area contributed by atoms with Crippen LogP contribution in [0.15, 0.2) is 29.4 Å². The average Bonchev–Trinajstić information content (AvgIpc) is 3.45. The van der Waals surface area contributed by atoms with Crippen molar-refractivity contribution in [2.24, 2.45) is 12.8 Å². The highest BCUT2D eigenvalue weighted by atomic mass is 32.2. The molecule has 0 radical (unpaired) electrons. The molecule has 0 bridgehead atoms. The van der Waals surface area contributed by atoms with Gasteiger partial charge in [-0.3, -0.25) is 9.59 Å². The molecule has 2 aromatic heterocycles. The second kappa shape index (κ2) is 9.61. The van der Waals surface area contributed by atoms with Crippen LogP contribution in [-0.4, -0.2) is 39.4 Å². The number of carbonyl (C=O) groups is 2. The maximum atomic E-state index is 12.5. The van der Waals surface area contributed by atoms with Crippen LogP contribution >= 0.6 is 23.1 Å². The first-order valence-electron chi connectivity index (χ1n) is 9.98. The summed E-state index contributed by atoms with van der Waals surface area (Å²) in [5.74, 6) is 1.48. The van der Waals surface area contributed by atoms with Crippen molar-refractivity contribution in [3.63, 3.8) is 0 Å². The lowest BCUT2D eigenvalue weighted by Gasteiger charge is -2.08. The molecule has 2 heterocycles. The maximum absolute atomic E-state index is 12.5. The van der Waals surface area contributed by atoms with Gasteiger partial charge in [-0.2, -0.15) is 0 Å². The molecule has 9 nitrogen and oxygen atoms in total. The Labute approximate surface area is 193 Å². The van der Waals surface area contributed by atoms with Crippen LogP contribution in [0.25, 0.3) is 0 Å². The molecule has 32 heavy (non-hydrogen) atoms. The summed E-state index contributed by atoms with van der Waals surface area (Å²) < 4.78 is 12.7. The van der Waals surface area contributed by atoms with E-state index in [-0.39, 0.29) is 18.3 Å². The molecule has 1 aliphatic carbocycles. The van der Waals surface area contributed by atoms with Gasteiger partial charge in [0.25, 0.3) is 5.91 Å². The second-order valence-corrected chi connectivity index (χ2v) is 9.23. The third-order valence-corrected chi connectivity index (χ3v) is 7.33. The zero-order chi connectivity index (χ0) is 22.7. The quantitative estimate of drug-likeness (QED) is 0.458. The summed E-state index contributed by atoms with van der Waals surface area (Å²) in [6.45, 7) is 0.241. The van der Waals surface area contributed by atoms with Crippen LogP contribution in [0.3, 0.4) is 0 Å². The number of aryl methyl sites for hydroxylation is 1. The van der Waals surface area contributed by atoms with Crippen molar-refractivity contribution in [3.8, 4) is 11.5 Å². The summed E-state index contributed by atoms with van der Waals surface area (Å²) in [5, 5.41) is 12.3. The standard InChI is InChI=1S/C21H23N5O4S2/c1-26-16(10-30-13-8-6-12(29-2)7-9-13)24-25-21(26)31-11-17(27)23-20-18(19(22)28)14-4-3-5-15(14)32-20/h6-9H,3-5,10-11H2,1-2H3,(H2,22,28)(H,23,27). The van der Waals surface area contributed by atoms with Gasteiger partial charge in [-0.15, -0.1) is 21.5 Å². The van der Waals surface area contributed by atoms with Gasteiger partial charge in [0.05, 0.1) is 18.4 Å². The molecule has 2 amide bonds. The lowest BCUT2D eigenvalue weighted by molar-refractivity contribution is -0.113. The summed E-state index contributed by atoms with van der Waals surface area (Å²) in [7, 11) is 3.43. The third-order valence-electron chi connectivity index (χ3n) is 5.11. The zero-order valence-electron chi connectivity index (χ0n) is 17.7. The Balaban J connectivity index is 1.33. The molecule has 168 valence electrons. The monoisotopic (exact) mass is 473 g/mol. The van der Waals surface area contributed by atoms with Crippen molar-refractivity contribution >= 4 is 39.9 Å². The highest BCUT2D eigenvalue weighted by Crippen LogP contribution is 2.38. The van der Waals surface area contributed by atoms with Crippen LogP contribution in [-0.2, 0) is 31.3 Å². The topological polar surface area (TPSA) is 121 Å². The molecule has 0 saturated carbocycles. The molecular weight excluding hydrogens is 450 g/mol. The molecule has 3 aromatic rings. The lowest BCUT2D eigenvalue weighted by atomic mass is 10.1. The average molecular weight is 474 g/mol. The molecule has 0 saturated heterocycles. The lowest BCUT2D eigenvalue weighted by Crippen LogP contribution is -2.19. The van der Waals surface area contributed by atoms with Crippen molar-refractivity contribution in [1.29, 1.82) is 0 Å². The predicted octanol–water partition coefficient (Wildman–Crippen LogP) is 2.78. The number of carbonyl (C=O) groups excluding carboxylic acids is 2. The number of fused-ring (bicyclic) bond motifs is 1.